The van der Waals surface area contributed by atoms with Crippen molar-refractivity contribution < 1.29 is 14.6 Å². The van der Waals surface area contributed by atoms with Gasteiger partial charge in [0.1, 0.15) is 0 Å². The van der Waals surface area contributed by atoms with Crippen molar-refractivity contribution in [2.24, 2.45) is 0 Å². The van der Waals surface area contributed by atoms with E-state index in [1.807, 2.05) is 0 Å². The van der Waals surface area contributed by atoms with E-state index in [0.29, 0.717) is 30.4 Å². The molecule has 6 nitrogen and oxygen atoms in total. The zero-order chi connectivity index (χ0) is 12.8. The monoisotopic (exact) mass is 239 g/mol. The zero-order valence-corrected chi connectivity index (χ0v) is 10.3. The summed E-state index contributed by atoms with van der Waals surface area (Å²) in [4.78, 5) is 21.5. The van der Waals surface area contributed by atoms with Gasteiger partial charge >= 0.3 is 5.97 Å². The number of aryl methyl sites for hydroxylation is 1. The molecule has 1 heterocycles. The van der Waals surface area contributed by atoms with Crippen LogP contribution in [0.5, 0.6) is 0 Å². The first-order chi connectivity index (χ1) is 8.10. The molecular formula is C11H17N3O3. The highest BCUT2D eigenvalue weighted by atomic mass is 16.5. The Kier molecular flexibility index (Phi) is 4.84. The molecule has 0 aromatic carbocycles. The Morgan fingerprint density at radius 2 is 2.29 bits per heavy atom. The van der Waals surface area contributed by atoms with Crippen LogP contribution in [0.25, 0.3) is 0 Å². The summed E-state index contributed by atoms with van der Waals surface area (Å²) in [5.41, 5.74) is 0.936. The minimum atomic E-state index is -0.415. The molecule has 0 aliphatic rings. The Bertz CT molecular complexity index is 396. The van der Waals surface area contributed by atoms with Crippen LogP contribution in [0.15, 0.2) is 6.20 Å². The topological polar surface area (TPSA) is 75.5 Å². The van der Waals surface area contributed by atoms with E-state index in [9.17, 15) is 4.79 Å². The second-order valence-electron chi connectivity index (χ2n) is 3.53. The predicted octanol–water partition coefficient (Wildman–Crippen LogP) is 0.390. The number of ether oxygens (including phenoxy) is 1. The van der Waals surface area contributed by atoms with Gasteiger partial charge in [-0.1, -0.05) is 0 Å². The molecule has 0 fully saturated rings. The Balaban J connectivity index is 2.89. The average Bonchev–Trinajstić information content (AvgIpc) is 2.29. The minimum Gasteiger partial charge on any atom is -0.462 e. The lowest BCUT2D eigenvalue weighted by Gasteiger charge is -2.16. The van der Waals surface area contributed by atoms with Crippen LogP contribution in [0.3, 0.4) is 0 Å². The fourth-order valence-electron chi connectivity index (χ4n) is 1.30. The molecule has 0 bridgehead atoms. The first-order valence-electron chi connectivity index (χ1n) is 5.43. The third-order valence-corrected chi connectivity index (χ3v) is 2.24. The first kappa shape index (κ1) is 13.4. The number of carbonyl (C=O) groups is 1. The molecule has 1 aromatic rings. The van der Waals surface area contributed by atoms with E-state index >= 15 is 0 Å². The fourth-order valence-corrected chi connectivity index (χ4v) is 1.30. The average molecular weight is 239 g/mol. The standard InChI is InChI=1S/C11H17N3O3/c1-4-17-10(16)9-7-12-11(13-8(9)2)14(3)5-6-15/h7,15H,4-6H2,1-3H3. The van der Waals surface area contributed by atoms with Gasteiger partial charge in [-0.3, -0.25) is 0 Å². The number of hydrogen-bond acceptors (Lipinski definition) is 6. The minimum absolute atomic E-state index is 0.0263. The van der Waals surface area contributed by atoms with E-state index in [4.69, 9.17) is 9.84 Å². The summed E-state index contributed by atoms with van der Waals surface area (Å²) in [7, 11) is 1.77. The molecule has 17 heavy (non-hydrogen) atoms. The van der Waals surface area contributed by atoms with Gasteiger partial charge in [-0.2, -0.15) is 0 Å². The van der Waals surface area contributed by atoms with Crippen LogP contribution in [0.4, 0.5) is 5.95 Å². The van der Waals surface area contributed by atoms with Crippen molar-refractivity contribution in [3.63, 3.8) is 0 Å². The number of hydrogen-bond donors (Lipinski definition) is 1. The summed E-state index contributed by atoms with van der Waals surface area (Å²) >= 11 is 0. The van der Waals surface area contributed by atoms with Crippen LogP contribution < -0.4 is 4.90 Å². The van der Waals surface area contributed by atoms with E-state index in [1.54, 1.807) is 25.8 Å². The van der Waals surface area contributed by atoms with Crippen LogP contribution in [0.2, 0.25) is 0 Å². The Hall–Kier alpha value is -1.69. The van der Waals surface area contributed by atoms with E-state index in [-0.39, 0.29) is 6.61 Å². The van der Waals surface area contributed by atoms with E-state index in [1.165, 1.54) is 6.20 Å². The summed E-state index contributed by atoms with van der Waals surface area (Å²) in [5, 5.41) is 8.81. The predicted molar refractivity (Wildman–Crippen MR) is 63.1 cm³/mol. The van der Waals surface area contributed by atoms with Crippen LogP contribution in [0.1, 0.15) is 23.0 Å². The van der Waals surface area contributed by atoms with Crippen LogP contribution in [-0.2, 0) is 4.74 Å². The molecule has 0 saturated carbocycles. The summed E-state index contributed by atoms with van der Waals surface area (Å²) in [6, 6.07) is 0. The van der Waals surface area contributed by atoms with Crippen LogP contribution in [0, 0.1) is 6.92 Å². The lowest BCUT2D eigenvalue weighted by Crippen LogP contribution is -2.24. The molecule has 0 saturated heterocycles. The van der Waals surface area contributed by atoms with Gasteiger partial charge in [-0.15, -0.1) is 0 Å². The highest BCUT2D eigenvalue weighted by molar-refractivity contribution is 5.90. The lowest BCUT2D eigenvalue weighted by molar-refractivity contribution is 0.0524. The fraction of sp³-hybridized carbons (Fsp3) is 0.545. The molecule has 0 unspecified atom stereocenters. The number of esters is 1. The van der Waals surface area contributed by atoms with Crippen molar-refractivity contribution in [2.75, 3.05) is 31.7 Å². The largest absolute Gasteiger partial charge is 0.462 e. The molecule has 0 aliphatic carbocycles. The van der Waals surface area contributed by atoms with Gasteiger partial charge in [0.2, 0.25) is 5.95 Å². The number of anilines is 1. The molecule has 1 rings (SSSR count). The van der Waals surface area contributed by atoms with E-state index in [2.05, 4.69) is 9.97 Å². The molecule has 0 atom stereocenters. The number of aromatic nitrogens is 2. The van der Waals surface area contributed by atoms with Crippen molar-refractivity contribution in [2.45, 2.75) is 13.8 Å². The molecule has 1 N–H and O–H groups in total. The van der Waals surface area contributed by atoms with Crippen molar-refractivity contribution >= 4 is 11.9 Å². The quantitative estimate of drug-likeness (QED) is 0.749. The van der Waals surface area contributed by atoms with Gasteiger partial charge in [0, 0.05) is 19.8 Å². The summed E-state index contributed by atoms with van der Waals surface area (Å²) in [6.07, 6.45) is 1.45. The summed E-state index contributed by atoms with van der Waals surface area (Å²) in [6.45, 7) is 4.27. The maximum atomic E-state index is 11.5. The number of aliphatic hydroxyl groups excluding tert-OH is 1. The third kappa shape index (κ3) is 3.39. The van der Waals surface area contributed by atoms with Crippen molar-refractivity contribution in [3.8, 4) is 0 Å². The van der Waals surface area contributed by atoms with Gasteiger partial charge in [0.05, 0.1) is 24.5 Å². The molecule has 0 radical (unpaired) electrons. The van der Waals surface area contributed by atoms with Gasteiger partial charge in [-0.05, 0) is 13.8 Å². The maximum absolute atomic E-state index is 11.5. The Labute approximate surface area is 100 Å². The normalized spacial score (nSPS) is 10.1. The van der Waals surface area contributed by atoms with Gasteiger partial charge in [0.15, 0.2) is 0 Å². The molecule has 0 aliphatic heterocycles. The number of aliphatic hydroxyl groups is 1. The smallest absolute Gasteiger partial charge is 0.341 e. The van der Waals surface area contributed by atoms with Crippen molar-refractivity contribution in [3.05, 3.63) is 17.5 Å². The third-order valence-electron chi connectivity index (χ3n) is 2.24. The van der Waals surface area contributed by atoms with Crippen LogP contribution >= 0.6 is 0 Å². The van der Waals surface area contributed by atoms with Crippen LogP contribution in [-0.4, -0.2) is 47.8 Å². The molecular weight excluding hydrogens is 222 g/mol. The number of likely N-dealkylation sites (N-methyl/N-ethyl adjacent to an activating group) is 1. The van der Waals surface area contributed by atoms with Gasteiger partial charge in [0.25, 0.3) is 0 Å². The Morgan fingerprint density at radius 1 is 1.59 bits per heavy atom. The first-order valence-corrected chi connectivity index (χ1v) is 5.43. The van der Waals surface area contributed by atoms with E-state index in [0.717, 1.165) is 0 Å². The second kappa shape index (κ2) is 6.15. The van der Waals surface area contributed by atoms with Crippen molar-refractivity contribution in [1.29, 1.82) is 0 Å². The molecule has 0 spiro atoms. The lowest BCUT2D eigenvalue weighted by atomic mass is 10.2. The molecule has 6 heteroatoms. The van der Waals surface area contributed by atoms with E-state index < -0.39 is 5.97 Å². The van der Waals surface area contributed by atoms with Gasteiger partial charge in [-0.25, -0.2) is 14.8 Å². The number of rotatable bonds is 5. The highest BCUT2D eigenvalue weighted by Crippen LogP contribution is 2.10. The summed E-state index contributed by atoms with van der Waals surface area (Å²) in [5.74, 6) is 0.0611. The molecule has 0 amide bonds. The zero-order valence-electron chi connectivity index (χ0n) is 10.3. The summed E-state index contributed by atoms with van der Waals surface area (Å²) < 4.78 is 4.88. The SMILES string of the molecule is CCOC(=O)c1cnc(N(C)CCO)nc1C. The van der Waals surface area contributed by atoms with Crippen molar-refractivity contribution in [1.82, 2.24) is 9.97 Å². The maximum Gasteiger partial charge on any atom is 0.341 e. The Morgan fingerprint density at radius 3 is 2.82 bits per heavy atom. The van der Waals surface area contributed by atoms with Gasteiger partial charge < -0.3 is 14.7 Å². The highest BCUT2D eigenvalue weighted by Gasteiger charge is 2.13. The second-order valence-corrected chi connectivity index (χ2v) is 3.53. The molecule has 94 valence electrons. The number of nitrogens with zero attached hydrogens (tertiary/aromatic N) is 3. The molecule has 1 aromatic heterocycles. The number of carbonyl (C=O) groups excluding carboxylic acids is 1.